The summed E-state index contributed by atoms with van der Waals surface area (Å²) in [6.45, 7) is 4.57. The molecule has 0 radical (unpaired) electrons. The van der Waals surface area contributed by atoms with Gasteiger partial charge in [-0.25, -0.2) is 9.79 Å². The Morgan fingerprint density at radius 3 is 1.80 bits per heavy atom. The number of hydrogen-bond donors (Lipinski definition) is 4. The van der Waals surface area contributed by atoms with Crippen molar-refractivity contribution in [3.8, 4) is 0 Å². The van der Waals surface area contributed by atoms with Gasteiger partial charge in [-0.2, -0.15) is 12.6 Å². The third kappa shape index (κ3) is 2.97. The maximum Gasteiger partial charge on any atom is 0.312 e. The van der Waals surface area contributed by atoms with Crippen LogP contribution in [-0.4, -0.2) is 26.7 Å². The average Bonchev–Trinajstić information content (AvgIpc) is 1.59. The minimum Gasteiger partial charge on any atom is -0.266 e. The predicted molar refractivity (Wildman–Crippen MR) is 48.1 cm³/mol. The Balaban J connectivity index is 4.40. The molecular weight excluding hydrogens is 169 g/mol. The van der Waals surface area contributed by atoms with E-state index in [-0.39, 0.29) is 5.45 Å². The summed E-state index contributed by atoms with van der Waals surface area (Å²) >= 11 is 4.03. The average molecular weight is 182 g/mol. The fraction of sp³-hybridized carbons (Fsp3) is 0.800. The van der Waals surface area contributed by atoms with Gasteiger partial charge in [-0.15, -0.1) is 0 Å². The molecule has 0 aromatic rings. The van der Waals surface area contributed by atoms with Crippen molar-refractivity contribution >= 4 is 25.8 Å². The van der Waals surface area contributed by atoms with E-state index in [1.54, 1.807) is 13.8 Å². The molecule has 60 valence electrons. The Labute approximate surface area is 66.9 Å². The summed E-state index contributed by atoms with van der Waals surface area (Å²) in [6, 6.07) is 0. The van der Waals surface area contributed by atoms with E-state index >= 15 is 0 Å². The summed E-state index contributed by atoms with van der Waals surface area (Å²) in [5.41, 5.74) is -0.0941. The quantitative estimate of drug-likeness (QED) is 0.294. The van der Waals surface area contributed by atoms with E-state index in [0.717, 1.165) is 0 Å². The molecule has 0 aliphatic heterocycles. The SMILES string of the molecule is CC(C)(S)C(=N)[P+](C)(O)O. The van der Waals surface area contributed by atoms with Crippen molar-refractivity contribution in [3.63, 3.8) is 0 Å². The fourth-order valence-corrected chi connectivity index (χ4v) is 2.12. The first-order valence-corrected chi connectivity index (χ1v) is 5.38. The van der Waals surface area contributed by atoms with Gasteiger partial charge in [0, 0.05) is 0 Å². The molecule has 0 amide bonds. The highest BCUT2D eigenvalue weighted by Gasteiger charge is 2.42. The van der Waals surface area contributed by atoms with E-state index in [9.17, 15) is 0 Å². The van der Waals surface area contributed by atoms with Crippen LogP contribution in [0.5, 0.6) is 0 Å². The maximum absolute atomic E-state index is 9.02. The molecule has 0 aliphatic carbocycles. The summed E-state index contributed by atoms with van der Waals surface area (Å²) in [5, 5.41) is 7.26. The maximum atomic E-state index is 9.02. The highest BCUT2D eigenvalue weighted by molar-refractivity contribution is 7.89. The molecule has 0 heterocycles. The Morgan fingerprint density at radius 2 is 1.80 bits per heavy atom. The predicted octanol–water partition coefficient (Wildman–Crippen LogP) is 1.13. The number of hydrogen-bond acceptors (Lipinski definition) is 4. The van der Waals surface area contributed by atoms with E-state index in [1.807, 2.05) is 0 Å². The van der Waals surface area contributed by atoms with Crippen molar-refractivity contribution in [2.75, 3.05) is 6.66 Å². The molecule has 0 fully saturated rings. The van der Waals surface area contributed by atoms with Crippen molar-refractivity contribution in [2.24, 2.45) is 0 Å². The van der Waals surface area contributed by atoms with Gasteiger partial charge >= 0.3 is 7.72 Å². The second-order valence-corrected chi connectivity index (χ2v) is 6.21. The van der Waals surface area contributed by atoms with Crippen LogP contribution in [0.15, 0.2) is 0 Å². The molecule has 0 aliphatic rings. The van der Waals surface area contributed by atoms with Gasteiger partial charge in [0.2, 0.25) is 5.45 Å². The highest BCUT2D eigenvalue weighted by Crippen LogP contribution is 2.50. The molecule has 5 heteroatoms. The van der Waals surface area contributed by atoms with Crippen LogP contribution < -0.4 is 0 Å². The fourth-order valence-electron chi connectivity index (χ4n) is 0.518. The Hall–Kier alpha value is 0.370. The van der Waals surface area contributed by atoms with Gasteiger partial charge in [0.25, 0.3) is 0 Å². The summed E-state index contributed by atoms with van der Waals surface area (Å²) in [7, 11) is -3.12. The first-order chi connectivity index (χ1) is 4.15. The first kappa shape index (κ1) is 10.4. The standard InChI is InChI=1S/C5H12NO2PS/c1-5(2,10)4(6)9(3,7)8/h6-8H,1-3H3/p+1. The molecule has 3 nitrogen and oxygen atoms in total. The van der Waals surface area contributed by atoms with Crippen molar-refractivity contribution in [1.29, 1.82) is 5.41 Å². The number of thiol groups is 1. The van der Waals surface area contributed by atoms with Crippen LogP contribution in [0.3, 0.4) is 0 Å². The van der Waals surface area contributed by atoms with Crippen molar-refractivity contribution in [2.45, 2.75) is 18.6 Å². The summed E-state index contributed by atoms with van der Waals surface area (Å²) in [5.74, 6) is 0. The minimum atomic E-state index is -3.12. The number of nitrogens with one attached hydrogen (secondary N) is 1. The molecule has 10 heavy (non-hydrogen) atoms. The smallest absolute Gasteiger partial charge is 0.266 e. The zero-order valence-corrected chi connectivity index (χ0v) is 8.08. The third-order valence-corrected chi connectivity index (χ3v) is 2.81. The van der Waals surface area contributed by atoms with E-state index in [1.165, 1.54) is 6.66 Å². The van der Waals surface area contributed by atoms with Gasteiger partial charge in [-0.05, 0) is 13.8 Å². The second-order valence-electron chi connectivity index (χ2n) is 2.82. The first-order valence-electron chi connectivity index (χ1n) is 2.79. The number of rotatable bonds is 2. The van der Waals surface area contributed by atoms with E-state index < -0.39 is 12.5 Å². The van der Waals surface area contributed by atoms with Gasteiger partial charge in [-0.3, -0.25) is 5.41 Å². The summed E-state index contributed by atoms with van der Waals surface area (Å²) in [6.07, 6.45) is 0. The molecule has 0 unspecified atom stereocenters. The molecule has 0 aromatic heterocycles. The van der Waals surface area contributed by atoms with Gasteiger partial charge in [0.05, 0.1) is 4.75 Å². The van der Waals surface area contributed by atoms with Crippen LogP contribution in [0, 0.1) is 5.41 Å². The van der Waals surface area contributed by atoms with Gasteiger partial charge < -0.3 is 0 Å². The Kier molecular flexibility index (Phi) is 2.88. The highest BCUT2D eigenvalue weighted by atomic mass is 32.1. The van der Waals surface area contributed by atoms with E-state index in [0.29, 0.717) is 0 Å². The van der Waals surface area contributed by atoms with Crippen molar-refractivity contribution in [3.05, 3.63) is 0 Å². The van der Waals surface area contributed by atoms with Gasteiger partial charge in [0.15, 0.2) is 0 Å². The normalized spacial score (nSPS) is 13.4. The molecular formula is C5H13NO2PS+. The van der Waals surface area contributed by atoms with E-state index in [4.69, 9.17) is 15.2 Å². The lowest BCUT2D eigenvalue weighted by Gasteiger charge is -2.18. The Bertz CT molecular complexity index is 131. The lowest BCUT2D eigenvalue weighted by molar-refractivity contribution is 0.474. The lowest BCUT2D eigenvalue weighted by atomic mass is 10.2. The van der Waals surface area contributed by atoms with Gasteiger partial charge in [0.1, 0.15) is 6.66 Å². The zero-order valence-electron chi connectivity index (χ0n) is 6.29. The van der Waals surface area contributed by atoms with Crippen LogP contribution in [0.2, 0.25) is 0 Å². The monoisotopic (exact) mass is 182 g/mol. The van der Waals surface area contributed by atoms with Crippen molar-refractivity contribution in [1.82, 2.24) is 0 Å². The zero-order chi connectivity index (χ0) is 8.58. The van der Waals surface area contributed by atoms with Gasteiger partial charge in [-0.1, -0.05) is 0 Å². The molecule has 0 spiro atoms. The topological polar surface area (TPSA) is 64.3 Å². The summed E-state index contributed by atoms with van der Waals surface area (Å²) < 4.78 is -0.730. The van der Waals surface area contributed by atoms with Crippen LogP contribution in [0.4, 0.5) is 0 Å². The third-order valence-electron chi connectivity index (χ3n) is 1.00. The van der Waals surface area contributed by atoms with Crippen LogP contribution in [0.25, 0.3) is 0 Å². The summed E-state index contributed by atoms with van der Waals surface area (Å²) in [4.78, 5) is 18.0. The molecule has 0 saturated heterocycles. The molecule has 0 aromatic carbocycles. The lowest BCUT2D eigenvalue weighted by Crippen LogP contribution is -2.25. The Morgan fingerprint density at radius 1 is 1.50 bits per heavy atom. The molecule has 0 rings (SSSR count). The molecule has 0 atom stereocenters. The molecule has 0 bridgehead atoms. The molecule has 0 saturated carbocycles. The van der Waals surface area contributed by atoms with E-state index in [2.05, 4.69) is 12.6 Å². The second kappa shape index (κ2) is 2.78. The van der Waals surface area contributed by atoms with Crippen LogP contribution in [-0.2, 0) is 0 Å². The largest absolute Gasteiger partial charge is 0.312 e. The minimum absolute atomic E-state index is 0.0941. The molecule has 3 N–H and O–H groups in total. The van der Waals surface area contributed by atoms with Crippen molar-refractivity contribution < 1.29 is 9.79 Å². The van der Waals surface area contributed by atoms with Crippen LogP contribution >= 0.6 is 20.3 Å². The van der Waals surface area contributed by atoms with Crippen LogP contribution in [0.1, 0.15) is 13.8 Å².